The Bertz CT molecular complexity index is 628. The number of carbonyl (C=O) groups is 4. The van der Waals surface area contributed by atoms with E-state index < -0.39 is 41.8 Å². The van der Waals surface area contributed by atoms with E-state index in [1.54, 1.807) is 0 Å². The molecule has 10 N–H and O–H groups in total. The summed E-state index contributed by atoms with van der Waals surface area (Å²) < 4.78 is 0. The van der Waals surface area contributed by atoms with Gasteiger partial charge in [-0.05, 0) is 18.8 Å². The highest BCUT2D eigenvalue weighted by atomic mass is 32.1. The molecule has 4 unspecified atom stereocenters. The maximum atomic E-state index is 12.4. The van der Waals surface area contributed by atoms with Gasteiger partial charge in [-0.1, -0.05) is 20.3 Å². The number of rotatable bonds is 14. The molecule has 0 aliphatic heterocycles. The number of guanidine groups is 1. The Labute approximate surface area is 181 Å². The molecule has 0 bridgehead atoms. The molecule has 4 atom stereocenters. The van der Waals surface area contributed by atoms with Crippen LogP contribution in [-0.4, -0.2) is 71.7 Å². The van der Waals surface area contributed by atoms with E-state index in [9.17, 15) is 19.2 Å². The fraction of sp³-hybridized carbons (Fsp3) is 0.706. The van der Waals surface area contributed by atoms with Gasteiger partial charge in [0, 0.05) is 12.3 Å². The lowest BCUT2D eigenvalue weighted by molar-refractivity contribution is -0.141. The molecule has 12 nitrogen and oxygen atoms in total. The van der Waals surface area contributed by atoms with Crippen LogP contribution in [0.3, 0.4) is 0 Å². The highest BCUT2D eigenvalue weighted by molar-refractivity contribution is 7.80. The van der Waals surface area contributed by atoms with E-state index in [4.69, 9.17) is 22.3 Å². The number of nitrogens with zero attached hydrogens (tertiary/aromatic N) is 1. The van der Waals surface area contributed by atoms with Gasteiger partial charge in [0.05, 0.1) is 12.6 Å². The third-order valence-corrected chi connectivity index (χ3v) is 4.74. The second-order valence-electron chi connectivity index (χ2n) is 6.78. The average Bonchev–Trinajstić information content (AvgIpc) is 2.70. The van der Waals surface area contributed by atoms with Gasteiger partial charge in [0.25, 0.3) is 0 Å². The van der Waals surface area contributed by atoms with Crippen LogP contribution in [0, 0.1) is 5.92 Å². The average molecular weight is 448 g/mol. The van der Waals surface area contributed by atoms with Gasteiger partial charge in [0.1, 0.15) is 12.1 Å². The van der Waals surface area contributed by atoms with Crippen molar-refractivity contribution in [1.29, 1.82) is 0 Å². The Morgan fingerprint density at radius 1 is 1.10 bits per heavy atom. The van der Waals surface area contributed by atoms with E-state index in [1.807, 2.05) is 13.8 Å². The highest BCUT2D eigenvalue weighted by Crippen LogP contribution is 2.05. The predicted molar refractivity (Wildman–Crippen MR) is 116 cm³/mol. The first-order chi connectivity index (χ1) is 14.0. The third kappa shape index (κ3) is 10.9. The van der Waals surface area contributed by atoms with Gasteiger partial charge >= 0.3 is 5.97 Å². The van der Waals surface area contributed by atoms with E-state index in [0.29, 0.717) is 12.8 Å². The zero-order chi connectivity index (χ0) is 23.3. The molecule has 0 saturated heterocycles. The van der Waals surface area contributed by atoms with Crippen LogP contribution in [0.2, 0.25) is 0 Å². The molecule has 172 valence electrons. The molecule has 13 heteroatoms. The summed E-state index contributed by atoms with van der Waals surface area (Å²) in [6.07, 6.45) is 1.20. The van der Waals surface area contributed by atoms with E-state index in [-0.39, 0.29) is 37.1 Å². The summed E-state index contributed by atoms with van der Waals surface area (Å²) in [6, 6.07) is -3.02. The van der Waals surface area contributed by atoms with Gasteiger partial charge in [0.2, 0.25) is 17.7 Å². The van der Waals surface area contributed by atoms with Crippen molar-refractivity contribution in [3.8, 4) is 0 Å². The van der Waals surface area contributed by atoms with Gasteiger partial charge in [-0.3, -0.25) is 19.4 Å². The van der Waals surface area contributed by atoms with Crippen LogP contribution in [0.15, 0.2) is 4.99 Å². The predicted octanol–water partition coefficient (Wildman–Crippen LogP) is -2.49. The Hall–Kier alpha value is -2.54. The first kappa shape index (κ1) is 27.5. The number of aliphatic imine (C=N–C) groups is 1. The molecule has 0 radical (unpaired) electrons. The number of carboxylic acid groups (broad SMARTS) is 1. The molecule has 0 heterocycles. The number of nitrogens with one attached hydrogen (secondary N) is 3. The zero-order valence-corrected chi connectivity index (χ0v) is 18.2. The second kappa shape index (κ2) is 14.4. The summed E-state index contributed by atoms with van der Waals surface area (Å²) in [5.41, 5.74) is 16.3. The summed E-state index contributed by atoms with van der Waals surface area (Å²) in [5.74, 6) is -3.35. The maximum absolute atomic E-state index is 12.4. The van der Waals surface area contributed by atoms with Crippen LogP contribution >= 0.6 is 12.6 Å². The summed E-state index contributed by atoms with van der Waals surface area (Å²) in [7, 11) is 0. The van der Waals surface area contributed by atoms with Gasteiger partial charge < -0.3 is 38.3 Å². The third-order valence-electron chi connectivity index (χ3n) is 4.38. The number of carboxylic acids is 1. The second-order valence-corrected chi connectivity index (χ2v) is 7.15. The van der Waals surface area contributed by atoms with E-state index >= 15 is 0 Å². The maximum Gasteiger partial charge on any atom is 0.327 e. The van der Waals surface area contributed by atoms with Crippen molar-refractivity contribution in [2.45, 2.75) is 51.2 Å². The van der Waals surface area contributed by atoms with Crippen LogP contribution in [-0.2, 0) is 19.2 Å². The first-order valence-electron chi connectivity index (χ1n) is 9.55. The van der Waals surface area contributed by atoms with Crippen molar-refractivity contribution in [3.05, 3.63) is 0 Å². The van der Waals surface area contributed by atoms with Crippen molar-refractivity contribution >= 4 is 42.3 Å². The quantitative estimate of drug-likeness (QED) is 0.0615. The molecular formula is C17H33N7O5S. The van der Waals surface area contributed by atoms with Crippen molar-refractivity contribution < 1.29 is 24.3 Å². The number of amides is 3. The zero-order valence-electron chi connectivity index (χ0n) is 17.3. The lowest BCUT2D eigenvalue weighted by Crippen LogP contribution is -2.54. The minimum Gasteiger partial charge on any atom is -0.480 e. The largest absolute Gasteiger partial charge is 0.480 e. The molecule has 0 aromatic heterocycles. The van der Waals surface area contributed by atoms with Gasteiger partial charge in [0.15, 0.2) is 5.96 Å². The van der Waals surface area contributed by atoms with Crippen LogP contribution < -0.4 is 33.2 Å². The monoisotopic (exact) mass is 447 g/mol. The Kier molecular flexibility index (Phi) is 13.2. The van der Waals surface area contributed by atoms with Crippen molar-refractivity contribution in [2.75, 3.05) is 18.8 Å². The molecule has 0 fully saturated rings. The summed E-state index contributed by atoms with van der Waals surface area (Å²) in [6.45, 7) is 3.56. The summed E-state index contributed by atoms with van der Waals surface area (Å²) in [4.78, 5) is 51.5. The molecule has 0 spiro atoms. The number of nitrogens with two attached hydrogens (primary N) is 3. The number of hydrogen-bond acceptors (Lipinski definition) is 7. The summed E-state index contributed by atoms with van der Waals surface area (Å²) in [5, 5.41) is 16.3. The van der Waals surface area contributed by atoms with E-state index in [2.05, 4.69) is 33.6 Å². The molecule has 0 aliphatic carbocycles. The normalized spacial score (nSPS) is 14.5. The summed E-state index contributed by atoms with van der Waals surface area (Å²) >= 11 is 3.89. The van der Waals surface area contributed by atoms with Crippen molar-refractivity contribution in [3.63, 3.8) is 0 Å². The van der Waals surface area contributed by atoms with Gasteiger partial charge in [-0.15, -0.1) is 0 Å². The molecule has 0 aromatic carbocycles. The Morgan fingerprint density at radius 3 is 2.23 bits per heavy atom. The van der Waals surface area contributed by atoms with Crippen LogP contribution in [0.4, 0.5) is 0 Å². The van der Waals surface area contributed by atoms with E-state index in [1.165, 1.54) is 0 Å². The van der Waals surface area contributed by atoms with Crippen molar-refractivity contribution in [1.82, 2.24) is 16.0 Å². The fourth-order valence-electron chi connectivity index (χ4n) is 2.27. The molecule has 0 aliphatic rings. The van der Waals surface area contributed by atoms with Gasteiger partial charge in [-0.2, -0.15) is 12.6 Å². The highest BCUT2D eigenvalue weighted by Gasteiger charge is 2.26. The minimum atomic E-state index is -1.25. The number of hydrogen-bond donors (Lipinski definition) is 8. The Balaban J connectivity index is 4.93. The smallest absolute Gasteiger partial charge is 0.327 e. The lowest BCUT2D eigenvalue weighted by atomic mass is 9.99. The van der Waals surface area contributed by atoms with Crippen LogP contribution in [0.5, 0.6) is 0 Å². The molecule has 0 rings (SSSR count). The number of aliphatic carboxylic acids is 1. The Morgan fingerprint density at radius 2 is 1.73 bits per heavy atom. The standard InChI is InChI=1S/C17H33N7O5S/c1-3-9(2)13(18)15(27)22-7-12(25)23-10(5-4-6-21-17(19)20)14(26)24-11(8-30)16(28)29/h9-11,13,30H,3-8,18H2,1-2H3,(H,22,27)(H,23,25)(H,24,26)(H,28,29)(H4,19,20,21). The number of thiol groups is 1. The minimum absolute atomic E-state index is 0.0590. The van der Waals surface area contributed by atoms with Crippen LogP contribution in [0.1, 0.15) is 33.1 Å². The molecule has 30 heavy (non-hydrogen) atoms. The molecule has 0 saturated carbocycles. The SMILES string of the molecule is CCC(C)C(N)C(=O)NCC(=O)NC(CCCN=C(N)N)C(=O)NC(CS)C(=O)O. The lowest BCUT2D eigenvalue weighted by Gasteiger charge is -2.21. The molecule has 3 amide bonds. The van der Waals surface area contributed by atoms with E-state index in [0.717, 1.165) is 0 Å². The topological polar surface area (TPSA) is 215 Å². The van der Waals surface area contributed by atoms with Gasteiger partial charge in [-0.25, -0.2) is 4.79 Å². The first-order valence-corrected chi connectivity index (χ1v) is 10.2. The van der Waals surface area contributed by atoms with Crippen LogP contribution in [0.25, 0.3) is 0 Å². The number of carbonyl (C=O) groups excluding carboxylic acids is 3. The molecular weight excluding hydrogens is 414 g/mol. The fourth-order valence-corrected chi connectivity index (χ4v) is 2.52. The van der Waals surface area contributed by atoms with Crippen molar-refractivity contribution in [2.24, 2.45) is 28.1 Å². The molecule has 0 aromatic rings.